The summed E-state index contributed by atoms with van der Waals surface area (Å²) in [6.45, 7) is 0. The van der Waals surface area contributed by atoms with Crippen LogP contribution in [0.4, 0.5) is 0 Å². The molecule has 0 saturated heterocycles. The number of carboxylic acids is 1. The number of hydrogen-bond acceptors (Lipinski definition) is 3. The molecule has 0 fully saturated rings. The van der Waals surface area contributed by atoms with E-state index in [0.717, 1.165) is 11.3 Å². The van der Waals surface area contributed by atoms with Crippen LogP contribution in [0.25, 0.3) is 5.69 Å². The Morgan fingerprint density at radius 1 is 1.39 bits per heavy atom. The predicted octanol–water partition coefficient (Wildman–Crippen LogP) is 1.22. The maximum atomic E-state index is 10.5. The first-order chi connectivity index (χ1) is 8.65. The zero-order chi connectivity index (χ0) is 13.0. The van der Waals surface area contributed by atoms with Gasteiger partial charge >= 0.3 is 5.97 Å². The maximum absolute atomic E-state index is 10.5. The van der Waals surface area contributed by atoms with Gasteiger partial charge in [0.05, 0.1) is 12.1 Å². The van der Waals surface area contributed by atoms with Crippen LogP contribution < -0.4 is 5.73 Å². The quantitative estimate of drug-likeness (QED) is 0.829. The van der Waals surface area contributed by atoms with Crippen LogP contribution in [0.3, 0.4) is 0 Å². The molecule has 2 aromatic rings. The molecule has 2 rings (SSSR count). The van der Waals surface area contributed by atoms with E-state index in [-0.39, 0.29) is 12.5 Å². The molecule has 0 spiro atoms. The van der Waals surface area contributed by atoms with Gasteiger partial charge in [0.2, 0.25) is 0 Å². The fourth-order valence-electron chi connectivity index (χ4n) is 1.81. The Morgan fingerprint density at radius 3 is 2.67 bits per heavy atom. The first-order valence-corrected chi connectivity index (χ1v) is 5.71. The smallest absolute Gasteiger partial charge is 0.304 e. The zero-order valence-corrected chi connectivity index (χ0v) is 9.86. The molecule has 0 unspecified atom stereocenters. The molecule has 0 radical (unpaired) electrons. The number of nitrogens with zero attached hydrogens (tertiary/aromatic N) is 2. The monoisotopic (exact) mass is 245 g/mol. The lowest BCUT2D eigenvalue weighted by atomic mass is 10.0. The molecule has 0 saturated carbocycles. The SMILES string of the molecule is N[C@H](CC(=O)O)Cc1ccc(-n2cccn2)cc1. The first-order valence-electron chi connectivity index (χ1n) is 5.71. The minimum absolute atomic E-state index is 0.0130. The highest BCUT2D eigenvalue weighted by Crippen LogP contribution is 2.10. The second-order valence-electron chi connectivity index (χ2n) is 4.18. The average Bonchev–Trinajstić information content (AvgIpc) is 2.82. The molecule has 5 nitrogen and oxygen atoms in total. The summed E-state index contributed by atoms with van der Waals surface area (Å²) in [5.74, 6) is -0.865. The van der Waals surface area contributed by atoms with E-state index in [1.54, 1.807) is 10.9 Å². The van der Waals surface area contributed by atoms with Crippen molar-refractivity contribution in [3.05, 3.63) is 48.3 Å². The van der Waals surface area contributed by atoms with Gasteiger partial charge in [-0.1, -0.05) is 12.1 Å². The van der Waals surface area contributed by atoms with Crippen LogP contribution in [0.2, 0.25) is 0 Å². The summed E-state index contributed by atoms with van der Waals surface area (Å²) in [4.78, 5) is 10.5. The van der Waals surface area contributed by atoms with E-state index in [1.165, 1.54) is 0 Å². The lowest BCUT2D eigenvalue weighted by Crippen LogP contribution is -2.26. The van der Waals surface area contributed by atoms with Crippen molar-refractivity contribution in [2.24, 2.45) is 5.73 Å². The van der Waals surface area contributed by atoms with Crippen molar-refractivity contribution in [3.8, 4) is 5.69 Å². The van der Waals surface area contributed by atoms with Gasteiger partial charge in [-0.25, -0.2) is 4.68 Å². The molecule has 18 heavy (non-hydrogen) atoms. The Kier molecular flexibility index (Phi) is 3.74. The van der Waals surface area contributed by atoms with Crippen LogP contribution in [0, 0.1) is 0 Å². The Labute approximate surface area is 105 Å². The van der Waals surface area contributed by atoms with Crippen LogP contribution in [0.15, 0.2) is 42.7 Å². The summed E-state index contributed by atoms with van der Waals surface area (Å²) in [6.07, 6.45) is 4.13. The molecule has 0 bridgehead atoms. The summed E-state index contributed by atoms with van der Waals surface area (Å²) < 4.78 is 1.76. The van der Waals surface area contributed by atoms with Gasteiger partial charge in [0.1, 0.15) is 0 Å². The number of nitrogens with two attached hydrogens (primary N) is 1. The van der Waals surface area contributed by atoms with E-state index in [2.05, 4.69) is 5.10 Å². The highest BCUT2D eigenvalue weighted by atomic mass is 16.4. The van der Waals surface area contributed by atoms with Crippen molar-refractivity contribution in [2.45, 2.75) is 18.9 Å². The highest BCUT2D eigenvalue weighted by Gasteiger charge is 2.08. The Hall–Kier alpha value is -2.14. The minimum Gasteiger partial charge on any atom is -0.481 e. The van der Waals surface area contributed by atoms with Gasteiger partial charge < -0.3 is 10.8 Å². The van der Waals surface area contributed by atoms with E-state index >= 15 is 0 Å². The largest absolute Gasteiger partial charge is 0.481 e. The molecule has 5 heteroatoms. The van der Waals surface area contributed by atoms with Gasteiger partial charge in [-0.15, -0.1) is 0 Å². The summed E-state index contributed by atoms with van der Waals surface area (Å²) in [5, 5.41) is 12.8. The lowest BCUT2D eigenvalue weighted by Gasteiger charge is -2.09. The van der Waals surface area contributed by atoms with Gasteiger partial charge in [0.25, 0.3) is 0 Å². The van der Waals surface area contributed by atoms with Crippen molar-refractivity contribution >= 4 is 5.97 Å². The van der Waals surface area contributed by atoms with Gasteiger partial charge in [-0.05, 0) is 30.2 Å². The summed E-state index contributed by atoms with van der Waals surface area (Å²) >= 11 is 0. The summed E-state index contributed by atoms with van der Waals surface area (Å²) in [7, 11) is 0. The lowest BCUT2D eigenvalue weighted by molar-refractivity contribution is -0.137. The first kappa shape index (κ1) is 12.3. The minimum atomic E-state index is -0.865. The molecule has 0 amide bonds. The fraction of sp³-hybridized carbons (Fsp3) is 0.231. The van der Waals surface area contributed by atoms with Crippen LogP contribution in [-0.2, 0) is 11.2 Å². The molecular weight excluding hydrogens is 230 g/mol. The molecule has 0 aliphatic carbocycles. The number of rotatable bonds is 5. The number of aromatic nitrogens is 2. The fourth-order valence-corrected chi connectivity index (χ4v) is 1.81. The van der Waals surface area contributed by atoms with Crippen molar-refractivity contribution in [1.29, 1.82) is 0 Å². The van der Waals surface area contributed by atoms with Crippen molar-refractivity contribution in [3.63, 3.8) is 0 Å². The van der Waals surface area contributed by atoms with Crippen LogP contribution >= 0.6 is 0 Å². The summed E-state index contributed by atoms with van der Waals surface area (Å²) in [6, 6.07) is 9.28. The predicted molar refractivity (Wildman–Crippen MR) is 67.5 cm³/mol. The van der Waals surface area contributed by atoms with E-state index in [4.69, 9.17) is 10.8 Å². The van der Waals surface area contributed by atoms with Crippen LogP contribution in [0.1, 0.15) is 12.0 Å². The van der Waals surface area contributed by atoms with Crippen LogP contribution in [0.5, 0.6) is 0 Å². The maximum Gasteiger partial charge on any atom is 0.304 e. The molecule has 0 aliphatic rings. The number of aliphatic carboxylic acids is 1. The zero-order valence-electron chi connectivity index (χ0n) is 9.86. The van der Waals surface area contributed by atoms with Crippen LogP contribution in [-0.4, -0.2) is 26.9 Å². The third-order valence-corrected chi connectivity index (χ3v) is 2.64. The molecule has 1 aromatic heterocycles. The topological polar surface area (TPSA) is 81.1 Å². The van der Waals surface area contributed by atoms with Crippen molar-refractivity contribution in [2.75, 3.05) is 0 Å². The van der Waals surface area contributed by atoms with E-state index in [1.807, 2.05) is 36.5 Å². The van der Waals surface area contributed by atoms with Crippen molar-refractivity contribution in [1.82, 2.24) is 9.78 Å². The highest BCUT2D eigenvalue weighted by molar-refractivity contribution is 5.67. The van der Waals surface area contributed by atoms with Gasteiger partial charge in [0, 0.05) is 18.4 Å². The standard InChI is InChI=1S/C13H15N3O2/c14-11(9-13(17)18)8-10-2-4-12(5-3-10)16-7-1-6-15-16/h1-7,11H,8-9,14H2,(H,17,18)/t11-/m0/s1. The number of carbonyl (C=O) groups is 1. The molecule has 94 valence electrons. The second kappa shape index (κ2) is 5.46. The molecule has 1 atom stereocenters. The molecule has 1 heterocycles. The molecular formula is C13H15N3O2. The van der Waals surface area contributed by atoms with E-state index in [9.17, 15) is 4.79 Å². The Bertz CT molecular complexity index is 506. The Balaban J connectivity index is 2.02. The van der Waals surface area contributed by atoms with Crippen molar-refractivity contribution < 1.29 is 9.90 Å². The van der Waals surface area contributed by atoms with Gasteiger partial charge in [-0.2, -0.15) is 5.10 Å². The average molecular weight is 245 g/mol. The Morgan fingerprint density at radius 2 is 2.11 bits per heavy atom. The number of benzene rings is 1. The third-order valence-electron chi connectivity index (χ3n) is 2.64. The summed E-state index contributed by atoms with van der Waals surface area (Å²) in [5.41, 5.74) is 7.74. The molecule has 1 aromatic carbocycles. The van der Waals surface area contributed by atoms with E-state index < -0.39 is 5.97 Å². The number of carboxylic acid groups (broad SMARTS) is 1. The third kappa shape index (κ3) is 3.18. The number of hydrogen-bond donors (Lipinski definition) is 2. The van der Waals surface area contributed by atoms with Gasteiger partial charge in [-0.3, -0.25) is 4.79 Å². The normalized spacial score (nSPS) is 12.3. The second-order valence-corrected chi connectivity index (χ2v) is 4.18. The molecule has 0 aliphatic heterocycles. The van der Waals surface area contributed by atoms with E-state index in [0.29, 0.717) is 6.42 Å². The van der Waals surface area contributed by atoms with Gasteiger partial charge in [0.15, 0.2) is 0 Å². The molecule has 3 N–H and O–H groups in total.